The molecule has 3 rings (SSSR count). The standard InChI is InChI=1S/C17H23N5O2/c1-21-12-14(17(20-21)24-2)16(23)19-11-13-6-9-22(10-7-13)15-5-3-4-8-18-15/h3-5,8,12-13H,6-7,9-11H2,1-2H3,(H,19,23). The molecule has 128 valence electrons. The van der Waals surface area contributed by atoms with Crippen LogP contribution in [-0.2, 0) is 7.05 Å². The number of methoxy groups -OCH3 is 1. The summed E-state index contributed by atoms with van der Waals surface area (Å²) in [4.78, 5) is 19.0. The van der Waals surface area contributed by atoms with Crippen molar-refractivity contribution in [1.29, 1.82) is 0 Å². The summed E-state index contributed by atoms with van der Waals surface area (Å²) < 4.78 is 6.72. The minimum atomic E-state index is -0.132. The van der Waals surface area contributed by atoms with E-state index in [1.54, 1.807) is 17.9 Å². The van der Waals surface area contributed by atoms with Gasteiger partial charge in [-0.1, -0.05) is 6.07 Å². The molecule has 1 saturated heterocycles. The van der Waals surface area contributed by atoms with Gasteiger partial charge in [0.15, 0.2) is 0 Å². The highest BCUT2D eigenvalue weighted by atomic mass is 16.5. The summed E-state index contributed by atoms with van der Waals surface area (Å²) in [5.41, 5.74) is 0.478. The Bertz CT molecular complexity index is 678. The molecule has 2 aromatic heterocycles. The first-order valence-electron chi connectivity index (χ1n) is 8.19. The minimum Gasteiger partial charge on any atom is -0.479 e. The van der Waals surface area contributed by atoms with Crippen LogP contribution in [0.25, 0.3) is 0 Å². The normalized spacial score (nSPS) is 15.3. The summed E-state index contributed by atoms with van der Waals surface area (Å²) in [7, 11) is 3.29. The van der Waals surface area contributed by atoms with Crippen LogP contribution in [0.5, 0.6) is 5.88 Å². The number of nitrogens with one attached hydrogen (secondary N) is 1. The van der Waals surface area contributed by atoms with Gasteiger partial charge in [-0.3, -0.25) is 9.48 Å². The zero-order valence-corrected chi connectivity index (χ0v) is 14.1. The quantitative estimate of drug-likeness (QED) is 0.899. The molecule has 1 aliphatic heterocycles. The second kappa shape index (κ2) is 7.33. The van der Waals surface area contributed by atoms with Gasteiger partial charge in [0.1, 0.15) is 11.4 Å². The molecule has 0 aliphatic carbocycles. The molecule has 0 bridgehead atoms. The summed E-state index contributed by atoms with van der Waals surface area (Å²) in [5.74, 6) is 1.74. The number of carbonyl (C=O) groups excluding carboxylic acids is 1. The van der Waals surface area contributed by atoms with E-state index < -0.39 is 0 Å². The first-order chi connectivity index (χ1) is 11.7. The number of hydrogen-bond acceptors (Lipinski definition) is 5. The summed E-state index contributed by atoms with van der Waals surface area (Å²) in [6.45, 7) is 2.61. The Morgan fingerprint density at radius 2 is 2.17 bits per heavy atom. The number of amides is 1. The van der Waals surface area contributed by atoms with E-state index in [9.17, 15) is 4.79 Å². The Labute approximate surface area is 141 Å². The van der Waals surface area contributed by atoms with Crippen molar-refractivity contribution in [3.8, 4) is 5.88 Å². The van der Waals surface area contributed by atoms with Gasteiger partial charge in [-0.25, -0.2) is 4.98 Å². The van der Waals surface area contributed by atoms with Gasteiger partial charge in [0.2, 0.25) is 5.88 Å². The Hall–Kier alpha value is -2.57. The van der Waals surface area contributed by atoms with E-state index in [2.05, 4.69) is 20.3 Å². The lowest BCUT2D eigenvalue weighted by atomic mass is 9.96. The highest BCUT2D eigenvalue weighted by Gasteiger charge is 2.22. The van der Waals surface area contributed by atoms with Crippen LogP contribution in [0.1, 0.15) is 23.2 Å². The van der Waals surface area contributed by atoms with Gasteiger partial charge in [-0.05, 0) is 30.9 Å². The highest BCUT2D eigenvalue weighted by molar-refractivity contribution is 5.96. The number of aromatic nitrogens is 3. The Morgan fingerprint density at radius 1 is 1.38 bits per heavy atom. The van der Waals surface area contributed by atoms with E-state index in [1.165, 1.54) is 7.11 Å². The molecule has 0 unspecified atom stereocenters. The van der Waals surface area contributed by atoms with Crippen LogP contribution in [0.4, 0.5) is 5.82 Å². The molecule has 1 amide bonds. The molecule has 0 radical (unpaired) electrons. The second-order valence-corrected chi connectivity index (χ2v) is 6.05. The smallest absolute Gasteiger partial charge is 0.258 e. The average molecular weight is 329 g/mol. The van der Waals surface area contributed by atoms with Gasteiger partial charge >= 0.3 is 0 Å². The average Bonchev–Trinajstić information content (AvgIpc) is 3.02. The third-order valence-corrected chi connectivity index (χ3v) is 4.37. The molecule has 7 nitrogen and oxygen atoms in total. The molecular weight excluding hydrogens is 306 g/mol. The van der Waals surface area contributed by atoms with Crippen molar-refractivity contribution >= 4 is 11.7 Å². The summed E-state index contributed by atoms with van der Waals surface area (Å²) in [6, 6.07) is 5.98. The third kappa shape index (κ3) is 3.67. The molecular formula is C17H23N5O2. The van der Waals surface area contributed by atoms with Crippen LogP contribution in [0.3, 0.4) is 0 Å². The largest absolute Gasteiger partial charge is 0.479 e. The van der Waals surface area contributed by atoms with Crippen LogP contribution in [0.2, 0.25) is 0 Å². The number of anilines is 1. The molecule has 1 N–H and O–H groups in total. The monoisotopic (exact) mass is 329 g/mol. The van der Waals surface area contributed by atoms with E-state index in [-0.39, 0.29) is 5.91 Å². The van der Waals surface area contributed by atoms with Gasteiger partial charge in [-0.15, -0.1) is 5.10 Å². The fourth-order valence-corrected chi connectivity index (χ4v) is 3.01. The van der Waals surface area contributed by atoms with Gasteiger partial charge in [-0.2, -0.15) is 0 Å². The molecule has 3 heterocycles. The lowest BCUT2D eigenvalue weighted by Gasteiger charge is -2.32. The van der Waals surface area contributed by atoms with Gasteiger partial charge in [0.25, 0.3) is 5.91 Å². The predicted octanol–water partition coefficient (Wildman–Crippen LogP) is 1.47. The zero-order chi connectivity index (χ0) is 16.9. The fourth-order valence-electron chi connectivity index (χ4n) is 3.01. The summed E-state index contributed by atoms with van der Waals surface area (Å²) >= 11 is 0. The van der Waals surface area contributed by atoms with Crippen LogP contribution < -0.4 is 15.0 Å². The van der Waals surface area contributed by atoms with Crippen molar-refractivity contribution in [3.05, 3.63) is 36.2 Å². The lowest BCUT2D eigenvalue weighted by molar-refractivity contribution is 0.0942. The fraction of sp³-hybridized carbons (Fsp3) is 0.471. The highest BCUT2D eigenvalue weighted by Crippen LogP contribution is 2.21. The Kier molecular flexibility index (Phi) is 4.98. The first kappa shape index (κ1) is 16.3. The molecule has 2 aromatic rings. The number of carbonyl (C=O) groups is 1. The van der Waals surface area contributed by atoms with Crippen molar-refractivity contribution < 1.29 is 9.53 Å². The molecule has 7 heteroatoms. The summed E-state index contributed by atoms with van der Waals surface area (Å²) in [5, 5.41) is 7.11. The van der Waals surface area contributed by atoms with Gasteiger partial charge < -0.3 is 15.0 Å². The number of ether oxygens (including phenoxy) is 1. The second-order valence-electron chi connectivity index (χ2n) is 6.05. The predicted molar refractivity (Wildman–Crippen MR) is 91.3 cm³/mol. The SMILES string of the molecule is COc1nn(C)cc1C(=O)NCC1CCN(c2ccccn2)CC1. The lowest BCUT2D eigenvalue weighted by Crippen LogP contribution is -2.39. The van der Waals surface area contributed by atoms with E-state index in [4.69, 9.17) is 4.74 Å². The zero-order valence-electron chi connectivity index (χ0n) is 14.1. The van der Waals surface area contributed by atoms with Crippen LogP contribution in [0, 0.1) is 5.92 Å². The Balaban J connectivity index is 1.49. The van der Waals surface area contributed by atoms with Crippen LogP contribution in [-0.4, -0.2) is 47.4 Å². The van der Waals surface area contributed by atoms with Gasteiger partial charge in [0, 0.05) is 39.1 Å². The topological polar surface area (TPSA) is 72.3 Å². The molecule has 1 aliphatic rings. The van der Waals surface area contributed by atoms with Crippen molar-refractivity contribution in [3.63, 3.8) is 0 Å². The molecule has 0 atom stereocenters. The number of hydrogen-bond donors (Lipinski definition) is 1. The Morgan fingerprint density at radius 3 is 2.83 bits per heavy atom. The maximum Gasteiger partial charge on any atom is 0.258 e. The number of rotatable bonds is 5. The van der Waals surface area contributed by atoms with Crippen molar-refractivity contribution in [2.45, 2.75) is 12.8 Å². The number of piperidine rings is 1. The van der Waals surface area contributed by atoms with Crippen molar-refractivity contribution in [2.24, 2.45) is 13.0 Å². The number of aryl methyl sites for hydroxylation is 1. The minimum absolute atomic E-state index is 0.132. The van der Waals surface area contributed by atoms with Crippen LogP contribution in [0.15, 0.2) is 30.6 Å². The maximum absolute atomic E-state index is 12.3. The molecule has 0 saturated carbocycles. The van der Waals surface area contributed by atoms with E-state index in [0.717, 1.165) is 31.7 Å². The number of pyridine rings is 1. The summed E-state index contributed by atoms with van der Waals surface area (Å²) in [6.07, 6.45) is 5.59. The van der Waals surface area contributed by atoms with E-state index in [1.807, 2.05) is 24.4 Å². The van der Waals surface area contributed by atoms with Gasteiger partial charge in [0.05, 0.1) is 7.11 Å². The molecule has 0 spiro atoms. The third-order valence-electron chi connectivity index (χ3n) is 4.37. The molecule has 0 aromatic carbocycles. The van der Waals surface area contributed by atoms with E-state index >= 15 is 0 Å². The molecule has 24 heavy (non-hydrogen) atoms. The molecule has 1 fully saturated rings. The van der Waals surface area contributed by atoms with Crippen molar-refractivity contribution in [1.82, 2.24) is 20.1 Å². The van der Waals surface area contributed by atoms with Crippen molar-refractivity contribution in [2.75, 3.05) is 31.6 Å². The number of nitrogens with zero attached hydrogens (tertiary/aromatic N) is 4. The van der Waals surface area contributed by atoms with E-state index in [0.29, 0.717) is 23.9 Å². The van der Waals surface area contributed by atoms with Crippen LogP contribution >= 0.6 is 0 Å². The maximum atomic E-state index is 12.3. The first-order valence-corrected chi connectivity index (χ1v) is 8.19.